The van der Waals surface area contributed by atoms with Gasteiger partial charge < -0.3 is 10.2 Å². The fraction of sp³-hybridized carbons (Fsp3) is 0.706. The molecule has 0 aliphatic carbocycles. The lowest BCUT2D eigenvalue weighted by Crippen LogP contribution is -2.41. The first kappa shape index (κ1) is 16.6. The minimum atomic E-state index is 0.512. The van der Waals surface area contributed by atoms with Crippen molar-refractivity contribution in [2.75, 3.05) is 18.0 Å². The first-order valence-corrected chi connectivity index (χ1v) is 9.05. The molecule has 1 aliphatic heterocycles. The van der Waals surface area contributed by atoms with E-state index in [-0.39, 0.29) is 0 Å². The summed E-state index contributed by atoms with van der Waals surface area (Å²) >= 11 is 2.09. The smallest absolute Gasteiger partial charge is 0.129 e. The molecule has 0 aromatic carbocycles. The lowest BCUT2D eigenvalue weighted by molar-refractivity contribution is 0.587. The fourth-order valence-corrected chi connectivity index (χ4v) is 4.09. The zero-order valence-corrected chi connectivity index (χ0v) is 14.8. The van der Waals surface area contributed by atoms with Gasteiger partial charge in [0.1, 0.15) is 5.82 Å². The van der Waals surface area contributed by atoms with Crippen molar-refractivity contribution in [1.29, 1.82) is 0 Å². The Balaban J connectivity index is 2.19. The number of hydrogen-bond acceptors (Lipinski definition) is 4. The molecule has 1 saturated heterocycles. The molecule has 0 amide bonds. The summed E-state index contributed by atoms with van der Waals surface area (Å²) in [5, 5.41) is 4.87. The Morgan fingerprint density at radius 2 is 1.95 bits per heavy atom. The molecule has 3 nitrogen and oxygen atoms in total. The van der Waals surface area contributed by atoms with E-state index in [2.05, 4.69) is 68.7 Å². The van der Waals surface area contributed by atoms with E-state index in [1.54, 1.807) is 0 Å². The molecule has 2 rings (SSSR count). The van der Waals surface area contributed by atoms with Gasteiger partial charge in [-0.3, -0.25) is 0 Å². The molecular weight excluding hydrogens is 278 g/mol. The van der Waals surface area contributed by atoms with Crippen molar-refractivity contribution in [2.45, 2.75) is 64.1 Å². The van der Waals surface area contributed by atoms with Crippen LogP contribution >= 0.6 is 11.8 Å². The average molecular weight is 308 g/mol. The fourth-order valence-electron chi connectivity index (χ4n) is 2.77. The zero-order valence-electron chi connectivity index (χ0n) is 14.0. The molecule has 118 valence electrons. The van der Waals surface area contributed by atoms with Crippen molar-refractivity contribution in [3.63, 3.8) is 0 Å². The van der Waals surface area contributed by atoms with E-state index < -0.39 is 0 Å². The topological polar surface area (TPSA) is 28.2 Å². The van der Waals surface area contributed by atoms with Crippen LogP contribution in [0.1, 0.15) is 45.9 Å². The Kier molecular flexibility index (Phi) is 5.94. The number of anilines is 1. The number of nitrogens with one attached hydrogen (secondary N) is 1. The number of nitrogens with zero attached hydrogens (tertiary/aromatic N) is 2. The third-order valence-electron chi connectivity index (χ3n) is 3.74. The Morgan fingerprint density at radius 1 is 1.29 bits per heavy atom. The van der Waals surface area contributed by atoms with Gasteiger partial charge in [-0.25, -0.2) is 4.98 Å². The Labute approximate surface area is 133 Å². The van der Waals surface area contributed by atoms with Crippen LogP contribution in [0, 0.1) is 0 Å². The lowest BCUT2D eigenvalue weighted by Gasteiger charge is -2.35. The summed E-state index contributed by atoms with van der Waals surface area (Å²) in [6, 6.07) is 5.02. The lowest BCUT2D eigenvalue weighted by atomic mass is 10.1. The SMILES string of the molecule is CCc1cc(CNC(C)C)cc(N2CC(C)SC(C)C2)n1. The molecule has 0 saturated carbocycles. The minimum Gasteiger partial charge on any atom is -0.354 e. The van der Waals surface area contributed by atoms with E-state index in [4.69, 9.17) is 4.98 Å². The van der Waals surface area contributed by atoms with Gasteiger partial charge in [0, 0.05) is 41.9 Å². The van der Waals surface area contributed by atoms with E-state index in [1.807, 2.05) is 0 Å². The molecule has 0 bridgehead atoms. The third-order valence-corrected chi connectivity index (χ3v) is 4.97. The van der Waals surface area contributed by atoms with Gasteiger partial charge in [-0.1, -0.05) is 34.6 Å². The molecule has 1 N–H and O–H groups in total. The van der Waals surface area contributed by atoms with Crippen LogP contribution in [0.4, 0.5) is 5.82 Å². The molecule has 1 aromatic heterocycles. The van der Waals surface area contributed by atoms with Crippen LogP contribution in [-0.2, 0) is 13.0 Å². The van der Waals surface area contributed by atoms with Gasteiger partial charge in [-0.15, -0.1) is 0 Å². The van der Waals surface area contributed by atoms with Crippen LogP contribution in [0.5, 0.6) is 0 Å². The van der Waals surface area contributed by atoms with E-state index in [9.17, 15) is 0 Å². The van der Waals surface area contributed by atoms with Gasteiger partial charge in [0.25, 0.3) is 0 Å². The van der Waals surface area contributed by atoms with E-state index >= 15 is 0 Å². The van der Waals surface area contributed by atoms with Crippen molar-refractivity contribution >= 4 is 17.6 Å². The predicted molar refractivity (Wildman–Crippen MR) is 94.3 cm³/mol. The number of pyridine rings is 1. The number of rotatable bonds is 5. The highest BCUT2D eigenvalue weighted by Gasteiger charge is 2.23. The first-order valence-electron chi connectivity index (χ1n) is 8.11. The van der Waals surface area contributed by atoms with Gasteiger partial charge in [0.15, 0.2) is 0 Å². The largest absolute Gasteiger partial charge is 0.354 e. The summed E-state index contributed by atoms with van der Waals surface area (Å²) in [7, 11) is 0. The highest BCUT2D eigenvalue weighted by Crippen LogP contribution is 2.28. The number of aromatic nitrogens is 1. The van der Waals surface area contributed by atoms with Crippen LogP contribution in [-0.4, -0.2) is 34.6 Å². The second kappa shape index (κ2) is 7.50. The highest BCUT2D eigenvalue weighted by atomic mass is 32.2. The molecule has 21 heavy (non-hydrogen) atoms. The van der Waals surface area contributed by atoms with Crippen LogP contribution in [0.15, 0.2) is 12.1 Å². The summed E-state index contributed by atoms with van der Waals surface area (Å²) in [5.41, 5.74) is 2.55. The van der Waals surface area contributed by atoms with Gasteiger partial charge >= 0.3 is 0 Å². The van der Waals surface area contributed by atoms with Crippen molar-refractivity contribution in [3.8, 4) is 0 Å². The van der Waals surface area contributed by atoms with E-state index in [1.165, 1.54) is 11.3 Å². The highest BCUT2D eigenvalue weighted by molar-refractivity contribution is 8.00. The van der Waals surface area contributed by atoms with Gasteiger partial charge in [-0.2, -0.15) is 11.8 Å². The summed E-state index contributed by atoms with van der Waals surface area (Å²) in [6.07, 6.45) is 0.996. The van der Waals surface area contributed by atoms with Crippen molar-refractivity contribution in [1.82, 2.24) is 10.3 Å². The standard InChI is InChI=1S/C17H29N3S/c1-6-16-7-15(9-18-12(2)3)8-17(19-16)20-10-13(4)21-14(5)11-20/h7-8,12-14,18H,6,9-11H2,1-5H3. The summed E-state index contributed by atoms with van der Waals surface area (Å²) in [4.78, 5) is 7.32. The molecule has 0 spiro atoms. The second-order valence-corrected chi connectivity index (χ2v) is 8.26. The molecule has 1 aliphatic rings. The molecule has 0 radical (unpaired) electrons. The normalized spacial score (nSPS) is 22.9. The van der Waals surface area contributed by atoms with Gasteiger partial charge in [0.05, 0.1) is 0 Å². The average Bonchev–Trinajstić information content (AvgIpc) is 2.43. The van der Waals surface area contributed by atoms with Gasteiger partial charge in [-0.05, 0) is 24.1 Å². The Hall–Kier alpha value is -0.740. The maximum atomic E-state index is 4.86. The molecular formula is C17H29N3S. The monoisotopic (exact) mass is 307 g/mol. The molecule has 2 unspecified atom stereocenters. The Bertz CT molecular complexity index is 451. The molecule has 2 heterocycles. The van der Waals surface area contributed by atoms with E-state index in [0.717, 1.165) is 31.9 Å². The minimum absolute atomic E-state index is 0.512. The second-order valence-electron chi connectivity index (χ2n) is 6.38. The van der Waals surface area contributed by atoms with Crippen LogP contribution in [0.3, 0.4) is 0 Å². The molecule has 1 fully saturated rings. The number of thioether (sulfide) groups is 1. The van der Waals surface area contributed by atoms with Crippen LogP contribution < -0.4 is 10.2 Å². The molecule has 1 aromatic rings. The predicted octanol–water partition coefficient (Wildman–Crippen LogP) is 3.47. The molecule has 2 atom stereocenters. The van der Waals surface area contributed by atoms with Crippen LogP contribution in [0.2, 0.25) is 0 Å². The Morgan fingerprint density at radius 3 is 2.52 bits per heavy atom. The maximum Gasteiger partial charge on any atom is 0.129 e. The first-order chi connectivity index (χ1) is 9.97. The molecule has 4 heteroatoms. The summed E-state index contributed by atoms with van der Waals surface area (Å²) in [6.45, 7) is 14.3. The quantitative estimate of drug-likeness (QED) is 0.901. The van der Waals surface area contributed by atoms with Crippen molar-refractivity contribution in [2.24, 2.45) is 0 Å². The summed E-state index contributed by atoms with van der Waals surface area (Å²) in [5.74, 6) is 1.16. The number of hydrogen-bond donors (Lipinski definition) is 1. The third kappa shape index (κ3) is 4.89. The van der Waals surface area contributed by atoms with E-state index in [0.29, 0.717) is 16.5 Å². The number of aryl methyl sites for hydroxylation is 1. The van der Waals surface area contributed by atoms with Crippen molar-refractivity contribution in [3.05, 3.63) is 23.4 Å². The summed E-state index contributed by atoms with van der Waals surface area (Å²) < 4.78 is 0. The maximum absolute atomic E-state index is 4.86. The van der Waals surface area contributed by atoms with Gasteiger partial charge in [0.2, 0.25) is 0 Å². The zero-order chi connectivity index (χ0) is 15.4. The van der Waals surface area contributed by atoms with Crippen molar-refractivity contribution < 1.29 is 0 Å². The van der Waals surface area contributed by atoms with Crippen LogP contribution in [0.25, 0.3) is 0 Å².